The van der Waals surface area contributed by atoms with Gasteiger partial charge in [-0.2, -0.15) is 0 Å². The average Bonchev–Trinajstić information content (AvgIpc) is 1.98. The third-order valence-electron chi connectivity index (χ3n) is 1.99. The molecule has 1 nitrogen and oxygen atoms in total. The van der Waals surface area contributed by atoms with Gasteiger partial charge in [0, 0.05) is 4.47 Å². The minimum Gasteiger partial charge on any atom is -0.393 e. The molecule has 1 aromatic rings. The van der Waals surface area contributed by atoms with Crippen LogP contribution in [0.25, 0.3) is 0 Å². The van der Waals surface area contributed by atoms with Crippen LogP contribution in [0, 0.1) is 13.8 Å². The lowest BCUT2D eigenvalue weighted by molar-refractivity contribution is 0.195. The third-order valence-corrected chi connectivity index (χ3v) is 3.12. The molecule has 1 unspecified atom stereocenters. The van der Waals surface area contributed by atoms with Crippen LogP contribution in [0.4, 0.5) is 0 Å². The number of hydrogen-bond acceptors (Lipinski definition) is 1. The minimum absolute atomic E-state index is 0.280. The highest BCUT2D eigenvalue weighted by Gasteiger charge is 2.06. The van der Waals surface area contributed by atoms with E-state index < -0.39 is 0 Å². The smallest absolute Gasteiger partial charge is 0.0552 e. The highest BCUT2D eigenvalue weighted by Crippen LogP contribution is 2.24. The van der Waals surface area contributed by atoms with E-state index in [0.29, 0.717) is 6.42 Å². The SMILES string of the molecule is Cc1cc(C)c(Br)c(CC(C)O)c1. The fourth-order valence-corrected chi connectivity index (χ4v) is 1.90. The summed E-state index contributed by atoms with van der Waals surface area (Å²) >= 11 is 3.53. The molecule has 0 heterocycles. The van der Waals surface area contributed by atoms with Gasteiger partial charge in [-0.15, -0.1) is 0 Å². The van der Waals surface area contributed by atoms with Crippen molar-refractivity contribution >= 4 is 15.9 Å². The molecule has 0 aliphatic heterocycles. The fourth-order valence-electron chi connectivity index (χ4n) is 1.50. The molecule has 1 atom stereocenters. The van der Waals surface area contributed by atoms with Crippen LogP contribution < -0.4 is 0 Å². The molecule has 1 N–H and O–H groups in total. The quantitative estimate of drug-likeness (QED) is 0.846. The Balaban J connectivity index is 3.05. The van der Waals surface area contributed by atoms with Gasteiger partial charge >= 0.3 is 0 Å². The summed E-state index contributed by atoms with van der Waals surface area (Å²) in [6.45, 7) is 5.96. The Hall–Kier alpha value is -0.340. The van der Waals surface area contributed by atoms with Crippen LogP contribution in [0.3, 0.4) is 0 Å². The van der Waals surface area contributed by atoms with Crippen LogP contribution in [0.1, 0.15) is 23.6 Å². The Labute approximate surface area is 87.9 Å². The molecular formula is C11H15BrO. The van der Waals surface area contributed by atoms with E-state index in [-0.39, 0.29) is 6.10 Å². The van der Waals surface area contributed by atoms with Crippen molar-refractivity contribution < 1.29 is 5.11 Å². The molecule has 13 heavy (non-hydrogen) atoms. The van der Waals surface area contributed by atoms with E-state index in [9.17, 15) is 5.11 Å². The first-order chi connectivity index (χ1) is 6.00. The fraction of sp³-hybridized carbons (Fsp3) is 0.455. The van der Waals surface area contributed by atoms with Gasteiger partial charge in [0.15, 0.2) is 0 Å². The number of aliphatic hydroxyl groups is 1. The van der Waals surface area contributed by atoms with Crippen LogP contribution in [-0.2, 0) is 6.42 Å². The molecule has 0 radical (unpaired) electrons. The van der Waals surface area contributed by atoms with Gasteiger partial charge in [0.1, 0.15) is 0 Å². The summed E-state index contributed by atoms with van der Waals surface area (Å²) in [6.07, 6.45) is 0.431. The zero-order valence-corrected chi connectivity index (χ0v) is 9.85. The largest absolute Gasteiger partial charge is 0.393 e. The van der Waals surface area contributed by atoms with Crippen molar-refractivity contribution in [3.8, 4) is 0 Å². The normalized spacial score (nSPS) is 13.0. The Morgan fingerprint density at radius 3 is 2.54 bits per heavy atom. The molecule has 0 bridgehead atoms. The van der Waals surface area contributed by atoms with E-state index in [2.05, 4.69) is 41.9 Å². The van der Waals surface area contributed by atoms with Crippen molar-refractivity contribution in [2.45, 2.75) is 33.3 Å². The van der Waals surface area contributed by atoms with E-state index in [0.717, 1.165) is 4.47 Å². The monoisotopic (exact) mass is 242 g/mol. The minimum atomic E-state index is -0.280. The summed E-state index contributed by atoms with van der Waals surface area (Å²) in [7, 11) is 0. The maximum Gasteiger partial charge on any atom is 0.0552 e. The van der Waals surface area contributed by atoms with Gasteiger partial charge in [-0.3, -0.25) is 0 Å². The highest BCUT2D eigenvalue weighted by atomic mass is 79.9. The van der Waals surface area contributed by atoms with E-state index >= 15 is 0 Å². The van der Waals surface area contributed by atoms with E-state index in [1.807, 2.05) is 6.92 Å². The maximum atomic E-state index is 9.29. The molecule has 0 saturated carbocycles. The molecule has 1 rings (SSSR count). The lowest BCUT2D eigenvalue weighted by Gasteiger charge is -2.10. The highest BCUT2D eigenvalue weighted by molar-refractivity contribution is 9.10. The molecule has 0 amide bonds. The van der Waals surface area contributed by atoms with Crippen LogP contribution in [0.5, 0.6) is 0 Å². The lowest BCUT2D eigenvalue weighted by atomic mass is 10.0. The second-order valence-corrected chi connectivity index (χ2v) is 4.40. The average molecular weight is 243 g/mol. The summed E-state index contributed by atoms with van der Waals surface area (Å²) in [5, 5.41) is 9.29. The van der Waals surface area contributed by atoms with Gasteiger partial charge in [0.05, 0.1) is 6.10 Å². The molecule has 2 heteroatoms. The van der Waals surface area contributed by atoms with Gasteiger partial charge in [0.25, 0.3) is 0 Å². The summed E-state index contributed by atoms with van der Waals surface area (Å²) in [5.41, 5.74) is 3.67. The van der Waals surface area contributed by atoms with Gasteiger partial charge < -0.3 is 5.11 Å². The van der Waals surface area contributed by atoms with Crippen LogP contribution >= 0.6 is 15.9 Å². The molecule has 0 saturated heterocycles. The first-order valence-electron chi connectivity index (χ1n) is 4.44. The molecule has 72 valence electrons. The summed E-state index contributed by atoms with van der Waals surface area (Å²) in [4.78, 5) is 0. The molecule has 0 aliphatic rings. The first-order valence-corrected chi connectivity index (χ1v) is 5.23. The van der Waals surface area contributed by atoms with Crippen molar-refractivity contribution in [3.05, 3.63) is 33.3 Å². The van der Waals surface area contributed by atoms with E-state index in [1.165, 1.54) is 16.7 Å². The summed E-state index contributed by atoms with van der Waals surface area (Å²) < 4.78 is 1.12. The topological polar surface area (TPSA) is 20.2 Å². The van der Waals surface area contributed by atoms with Crippen molar-refractivity contribution in [1.29, 1.82) is 0 Å². The molecular weight excluding hydrogens is 228 g/mol. The molecule has 0 fully saturated rings. The number of halogens is 1. The van der Waals surface area contributed by atoms with Gasteiger partial charge in [-0.25, -0.2) is 0 Å². The van der Waals surface area contributed by atoms with Gasteiger partial charge in [0.2, 0.25) is 0 Å². The van der Waals surface area contributed by atoms with Crippen molar-refractivity contribution in [1.82, 2.24) is 0 Å². The molecule has 0 spiro atoms. The molecule has 0 aliphatic carbocycles. The molecule has 1 aromatic carbocycles. The molecule has 0 aromatic heterocycles. The van der Waals surface area contributed by atoms with Crippen LogP contribution in [0.2, 0.25) is 0 Å². The van der Waals surface area contributed by atoms with Gasteiger partial charge in [-0.05, 0) is 38.3 Å². The van der Waals surface area contributed by atoms with Crippen LogP contribution in [-0.4, -0.2) is 11.2 Å². The Morgan fingerprint density at radius 1 is 1.38 bits per heavy atom. The Kier molecular flexibility index (Phi) is 3.51. The number of hydrogen-bond donors (Lipinski definition) is 1. The summed E-state index contributed by atoms with van der Waals surface area (Å²) in [6, 6.07) is 4.25. The number of rotatable bonds is 2. The zero-order valence-electron chi connectivity index (χ0n) is 8.26. The predicted octanol–water partition coefficient (Wildman–Crippen LogP) is 2.99. The van der Waals surface area contributed by atoms with E-state index in [1.54, 1.807) is 0 Å². The number of benzene rings is 1. The van der Waals surface area contributed by atoms with Crippen molar-refractivity contribution in [2.75, 3.05) is 0 Å². The number of aliphatic hydroxyl groups excluding tert-OH is 1. The third kappa shape index (κ3) is 2.82. The number of aryl methyl sites for hydroxylation is 2. The summed E-state index contributed by atoms with van der Waals surface area (Å²) in [5.74, 6) is 0. The van der Waals surface area contributed by atoms with Crippen molar-refractivity contribution in [2.24, 2.45) is 0 Å². The Morgan fingerprint density at radius 2 is 2.00 bits per heavy atom. The zero-order chi connectivity index (χ0) is 10.0. The van der Waals surface area contributed by atoms with Crippen molar-refractivity contribution in [3.63, 3.8) is 0 Å². The Bertz CT molecular complexity index is 305. The first kappa shape index (κ1) is 10.7. The predicted molar refractivity (Wildman–Crippen MR) is 59.0 cm³/mol. The second kappa shape index (κ2) is 4.25. The maximum absolute atomic E-state index is 9.29. The second-order valence-electron chi connectivity index (χ2n) is 3.61. The standard InChI is InChI=1S/C11H15BrO/c1-7-4-8(2)11(12)10(5-7)6-9(3)13/h4-5,9,13H,6H2,1-3H3. The van der Waals surface area contributed by atoms with Gasteiger partial charge in [-0.1, -0.05) is 33.6 Å². The van der Waals surface area contributed by atoms with Crippen LogP contribution in [0.15, 0.2) is 16.6 Å². The lowest BCUT2D eigenvalue weighted by Crippen LogP contribution is -2.05. The van der Waals surface area contributed by atoms with E-state index in [4.69, 9.17) is 0 Å².